The molecule has 2 rings (SSSR count). The molecule has 1 aromatic carbocycles. The van der Waals surface area contributed by atoms with Crippen LogP contribution in [0.15, 0.2) is 18.2 Å². The molecular formula is C16H25FN2O. The van der Waals surface area contributed by atoms with Gasteiger partial charge in [-0.05, 0) is 30.9 Å². The molecule has 0 aliphatic carbocycles. The number of likely N-dealkylation sites (tertiary alicyclic amines) is 1. The van der Waals surface area contributed by atoms with Gasteiger partial charge in [0.25, 0.3) is 0 Å². The fourth-order valence-corrected chi connectivity index (χ4v) is 2.77. The standard InChI is InChI=1S/C16H25FN2O/c1-12(2)11-19-8-6-13(7-9-19)18-14-4-5-16(20-3)15(17)10-14/h4-5,10,12-13,18H,6-9,11H2,1-3H3. The van der Waals surface area contributed by atoms with Crippen molar-refractivity contribution in [2.45, 2.75) is 32.7 Å². The lowest BCUT2D eigenvalue weighted by Gasteiger charge is -2.33. The van der Waals surface area contributed by atoms with Crippen LogP contribution in [0.3, 0.4) is 0 Å². The van der Waals surface area contributed by atoms with Gasteiger partial charge < -0.3 is 15.0 Å². The molecule has 1 aliphatic rings. The number of ether oxygens (including phenoxy) is 1. The number of hydrogen-bond donors (Lipinski definition) is 1. The van der Waals surface area contributed by atoms with Crippen molar-refractivity contribution in [2.75, 3.05) is 32.1 Å². The van der Waals surface area contributed by atoms with E-state index in [1.54, 1.807) is 6.07 Å². The van der Waals surface area contributed by atoms with Gasteiger partial charge in [-0.25, -0.2) is 4.39 Å². The van der Waals surface area contributed by atoms with Crippen molar-refractivity contribution in [2.24, 2.45) is 5.92 Å². The van der Waals surface area contributed by atoms with Crippen LogP contribution >= 0.6 is 0 Å². The van der Waals surface area contributed by atoms with Crippen molar-refractivity contribution in [1.82, 2.24) is 4.90 Å². The molecule has 0 radical (unpaired) electrons. The van der Waals surface area contributed by atoms with Crippen LogP contribution in [0.4, 0.5) is 10.1 Å². The Morgan fingerprint density at radius 2 is 2.05 bits per heavy atom. The number of anilines is 1. The zero-order valence-corrected chi connectivity index (χ0v) is 12.7. The fourth-order valence-electron chi connectivity index (χ4n) is 2.77. The minimum Gasteiger partial charge on any atom is -0.494 e. The quantitative estimate of drug-likeness (QED) is 0.895. The average molecular weight is 280 g/mol. The van der Waals surface area contributed by atoms with Crippen LogP contribution in [0, 0.1) is 11.7 Å². The summed E-state index contributed by atoms with van der Waals surface area (Å²) in [6, 6.07) is 5.50. The van der Waals surface area contributed by atoms with E-state index < -0.39 is 0 Å². The molecule has 0 amide bonds. The van der Waals surface area contributed by atoms with E-state index in [9.17, 15) is 4.39 Å². The maximum atomic E-state index is 13.6. The molecule has 4 heteroatoms. The second kappa shape index (κ2) is 6.93. The molecule has 1 aromatic rings. The maximum absolute atomic E-state index is 13.6. The summed E-state index contributed by atoms with van der Waals surface area (Å²) in [4.78, 5) is 2.51. The average Bonchev–Trinajstić information content (AvgIpc) is 2.41. The van der Waals surface area contributed by atoms with Gasteiger partial charge in [-0.2, -0.15) is 0 Å². The molecule has 0 aromatic heterocycles. The zero-order valence-electron chi connectivity index (χ0n) is 12.7. The van der Waals surface area contributed by atoms with Gasteiger partial charge in [-0.3, -0.25) is 0 Å². The molecule has 0 bridgehead atoms. The minimum atomic E-state index is -0.310. The van der Waals surface area contributed by atoms with Crippen molar-refractivity contribution in [3.63, 3.8) is 0 Å². The second-order valence-corrected chi connectivity index (χ2v) is 5.96. The number of methoxy groups -OCH3 is 1. The third kappa shape index (κ3) is 4.10. The SMILES string of the molecule is COc1ccc(NC2CCN(CC(C)C)CC2)cc1F. The number of nitrogens with one attached hydrogen (secondary N) is 1. The van der Waals surface area contributed by atoms with Gasteiger partial charge in [0.15, 0.2) is 11.6 Å². The largest absolute Gasteiger partial charge is 0.494 e. The molecule has 112 valence electrons. The van der Waals surface area contributed by atoms with Crippen molar-refractivity contribution in [3.05, 3.63) is 24.0 Å². The highest BCUT2D eigenvalue weighted by Crippen LogP contribution is 2.23. The Labute approximate surface area is 121 Å². The Morgan fingerprint density at radius 3 is 2.60 bits per heavy atom. The molecule has 1 saturated heterocycles. The molecule has 3 nitrogen and oxygen atoms in total. The predicted molar refractivity (Wildman–Crippen MR) is 80.9 cm³/mol. The van der Waals surface area contributed by atoms with E-state index in [2.05, 4.69) is 24.1 Å². The Morgan fingerprint density at radius 1 is 1.35 bits per heavy atom. The minimum absolute atomic E-state index is 0.294. The van der Waals surface area contributed by atoms with E-state index in [0.717, 1.165) is 37.5 Å². The fraction of sp³-hybridized carbons (Fsp3) is 0.625. The van der Waals surface area contributed by atoms with Gasteiger partial charge in [0.1, 0.15) is 0 Å². The number of rotatable bonds is 5. The normalized spacial score (nSPS) is 17.4. The lowest BCUT2D eigenvalue weighted by Crippen LogP contribution is -2.40. The summed E-state index contributed by atoms with van der Waals surface area (Å²) >= 11 is 0. The monoisotopic (exact) mass is 280 g/mol. The van der Waals surface area contributed by atoms with Crippen LogP contribution in [-0.2, 0) is 0 Å². The van der Waals surface area contributed by atoms with Crippen LogP contribution in [0.5, 0.6) is 5.75 Å². The van der Waals surface area contributed by atoms with Crippen molar-refractivity contribution < 1.29 is 9.13 Å². The molecule has 0 spiro atoms. The molecule has 20 heavy (non-hydrogen) atoms. The second-order valence-electron chi connectivity index (χ2n) is 5.96. The van der Waals surface area contributed by atoms with Crippen LogP contribution in [0.2, 0.25) is 0 Å². The first kappa shape index (κ1) is 15.1. The van der Waals surface area contributed by atoms with Gasteiger partial charge in [0.2, 0.25) is 0 Å². The van der Waals surface area contributed by atoms with E-state index >= 15 is 0 Å². The number of piperidine rings is 1. The maximum Gasteiger partial charge on any atom is 0.167 e. The number of hydrogen-bond acceptors (Lipinski definition) is 3. The lowest BCUT2D eigenvalue weighted by atomic mass is 10.0. The lowest BCUT2D eigenvalue weighted by molar-refractivity contribution is 0.198. The molecule has 1 aliphatic heterocycles. The van der Waals surface area contributed by atoms with Gasteiger partial charge in [-0.15, -0.1) is 0 Å². The number of benzene rings is 1. The van der Waals surface area contributed by atoms with Gasteiger partial charge in [-0.1, -0.05) is 13.8 Å². The molecule has 1 N–H and O–H groups in total. The van der Waals surface area contributed by atoms with Crippen LogP contribution < -0.4 is 10.1 Å². The first-order chi connectivity index (χ1) is 9.58. The molecule has 0 atom stereocenters. The van der Waals surface area contributed by atoms with Crippen LogP contribution in [0.1, 0.15) is 26.7 Å². The summed E-state index contributed by atoms with van der Waals surface area (Å²) in [6.07, 6.45) is 2.22. The highest BCUT2D eigenvalue weighted by atomic mass is 19.1. The molecule has 0 unspecified atom stereocenters. The van der Waals surface area contributed by atoms with Crippen LogP contribution in [0.25, 0.3) is 0 Å². The van der Waals surface area contributed by atoms with Gasteiger partial charge >= 0.3 is 0 Å². The first-order valence-electron chi connectivity index (χ1n) is 7.41. The highest BCUT2D eigenvalue weighted by molar-refractivity contribution is 5.48. The summed E-state index contributed by atoms with van der Waals surface area (Å²) in [5.74, 6) is 0.701. The molecular weight excluding hydrogens is 255 g/mol. The third-order valence-electron chi connectivity index (χ3n) is 3.73. The predicted octanol–water partition coefficient (Wildman–Crippen LogP) is 3.37. The Hall–Kier alpha value is -1.29. The topological polar surface area (TPSA) is 24.5 Å². The van der Waals surface area contributed by atoms with Gasteiger partial charge in [0.05, 0.1) is 7.11 Å². The molecule has 1 fully saturated rings. The smallest absolute Gasteiger partial charge is 0.167 e. The van der Waals surface area contributed by atoms with Crippen molar-refractivity contribution >= 4 is 5.69 Å². The van der Waals surface area contributed by atoms with E-state index in [-0.39, 0.29) is 5.82 Å². The third-order valence-corrected chi connectivity index (χ3v) is 3.73. The summed E-state index contributed by atoms with van der Waals surface area (Å²) in [5.41, 5.74) is 0.839. The first-order valence-corrected chi connectivity index (χ1v) is 7.41. The van der Waals surface area contributed by atoms with E-state index in [1.165, 1.54) is 19.7 Å². The van der Waals surface area contributed by atoms with Crippen LogP contribution in [-0.4, -0.2) is 37.7 Å². The summed E-state index contributed by atoms with van der Waals surface area (Å²) in [7, 11) is 1.48. The summed E-state index contributed by atoms with van der Waals surface area (Å²) < 4.78 is 18.6. The molecule has 1 heterocycles. The Kier molecular flexibility index (Phi) is 5.24. The Balaban J connectivity index is 1.85. The van der Waals surface area contributed by atoms with Crippen molar-refractivity contribution in [3.8, 4) is 5.75 Å². The van der Waals surface area contributed by atoms with E-state index in [0.29, 0.717) is 11.8 Å². The zero-order chi connectivity index (χ0) is 14.5. The summed E-state index contributed by atoms with van der Waals surface area (Å²) in [6.45, 7) is 7.92. The van der Waals surface area contributed by atoms with E-state index in [4.69, 9.17) is 4.74 Å². The number of halogens is 1. The Bertz CT molecular complexity index is 428. The van der Waals surface area contributed by atoms with E-state index in [1.807, 2.05) is 6.07 Å². The summed E-state index contributed by atoms with van der Waals surface area (Å²) in [5, 5.41) is 3.42. The highest BCUT2D eigenvalue weighted by Gasteiger charge is 2.19. The molecule has 0 saturated carbocycles. The van der Waals surface area contributed by atoms with Crippen molar-refractivity contribution in [1.29, 1.82) is 0 Å². The van der Waals surface area contributed by atoms with Gasteiger partial charge in [0, 0.05) is 37.4 Å². The number of nitrogens with zero attached hydrogens (tertiary/aromatic N) is 1.